The lowest BCUT2D eigenvalue weighted by Gasteiger charge is -2.13. The van der Waals surface area contributed by atoms with Crippen molar-refractivity contribution in [3.8, 4) is 11.5 Å². The lowest BCUT2D eigenvalue weighted by Crippen LogP contribution is -2.00. The SMILES string of the molecule is CCCCCOc1c(Cl)cc(CCl)cc1OC. The number of hydrogen-bond donors (Lipinski definition) is 0. The maximum Gasteiger partial charge on any atom is 0.179 e. The van der Waals surface area contributed by atoms with Crippen LogP contribution in [0, 0.1) is 0 Å². The van der Waals surface area contributed by atoms with Crippen molar-refractivity contribution in [2.75, 3.05) is 13.7 Å². The van der Waals surface area contributed by atoms with Gasteiger partial charge in [0.1, 0.15) is 0 Å². The molecule has 0 atom stereocenters. The number of alkyl halides is 1. The number of benzene rings is 1. The van der Waals surface area contributed by atoms with E-state index in [1.807, 2.05) is 12.1 Å². The van der Waals surface area contributed by atoms with Gasteiger partial charge in [-0.05, 0) is 24.1 Å². The maximum atomic E-state index is 6.14. The minimum atomic E-state index is 0.409. The minimum Gasteiger partial charge on any atom is -0.493 e. The zero-order chi connectivity index (χ0) is 12.7. The van der Waals surface area contributed by atoms with Gasteiger partial charge in [0, 0.05) is 5.88 Å². The summed E-state index contributed by atoms with van der Waals surface area (Å²) >= 11 is 11.9. The molecule has 0 amide bonds. The van der Waals surface area contributed by atoms with E-state index in [1.165, 1.54) is 6.42 Å². The topological polar surface area (TPSA) is 18.5 Å². The lowest BCUT2D eigenvalue weighted by molar-refractivity contribution is 0.286. The zero-order valence-corrected chi connectivity index (χ0v) is 11.8. The van der Waals surface area contributed by atoms with Crippen LogP contribution in [0.15, 0.2) is 12.1 Å². The van der Waals surface area contributed by atoms with Crippen molar-refractivity contribution in [3.05, 3.63) is 22.7 Å². The van der Waals surface area contributed by atoms with Crippen molar-refractivity contribution >= 4 is 23.2 Å². The Balaban J connectivity index is 2.75. The highest BCUT2D eigenvalue weighted by Crippen LogP contribution is 2.36. The summed E-state index contributed by atoms with van der Waals surface area (Å²) in [6.45, 7) is 2.81. The first-order valence-electron chi connectivity index (χ1n) is 5.78. The molecule has 0 bridgehead atoms. The minimum absolute atomic E-state index is 0.409. The van der Waals surface area contributed by atoms with Crippen molar-refractivity contribution in [2.45, 2.75) is 32.1 Å². The van der Waals surface area contributed by atoms with Crippen molar-refractivity contribution in [3.63, 3.8) is 0 Å². The Morgan fingerprint density at radius 3 is 2.59 bits per heavy atom. The second kappa shape index (κ2) is 7.67. The van der Waals surface area contributed by atoms with Gasteiger partial charge in [0.25, 0.3) is 0 Å². The molecule has 0 radical (unpaired) electrons. The van der Waals surface area contributed by atoms with Crippen molar-refractivity contribution in [1.82, 2.24) is 0 Å². The van der Waals surface area contributed by atoms with E-state index in [1.54, 1.807) is 7.11 Å². The van der Waals surface area contributed by atoms with E-state index in [2.05, 4.69) is 6.92 Å². The molecule has 2 nitrogen and oxygen atoms in total. The Morgan fingerprint density at radius 1 is 1.24 bits per heavy atom. The van der Waals surface area contributed by atoms with Gasteiger partial charge in [-0.1, -0.05) is 31.4 Å². The summed E-state index contributed by atoms with van der Waals surface area (Å²) in [5.74, 6) is 1.66. The van der Waals surface area contributed by atoms with Crippen molar-refractivity contribution in [1.29, 1.82) is 0 Å². The Kier molecular flexibility index (Phi) is 6.53. The van der Waals surface area contributed by atoms with E-state index in [9.17, 15) is 0 Å². The molecule has 0 spiro atoms. The van der Waals surface area contributed by atoms with Crippen LogP contribution in [0.2, 0.25) is 5.02 Å². The maximum absolute atomic E-state index is 6.14. The smallest absolute Gasteiger partial charge is 0.179 e. The van der Waals surface area contributed by atoms with Crippen LogP contribution in [0.1, 0.15) is 31.7 Å². The molecule has 1 aromatic rings. The molecule has 0 N–H and O–H groups in total. The van der Waals surface area contributed by atoms with Gasteiger partial charge in [-0.3, -0.25) is 0 Å². The lowest BCUT2D eigenvalue weighted by atomic mass is 10.2. The Bertz CT molecular complexity index is 354. The van der Waals surface area contributed by atoms with Gasteiger partial charge < -0.3 is 9.47 Å². The highest BCUT2D eigenvalue weighted by molar-refractivity contribution is 6.32. The van der Waals surface area contributed by atoms with Crippen LogP contribution in [0.3, 0.4) is 0 Å². The molecule has 1 aromatic carbocycles. The van der Waals surface area contributed by atoms with Crippen LogP contribution in [-0.4, -0.2) is 13.7 Å². The number of unbranched alkanes of at least 4 members (excludes halogenated alkanes) is 2. The van der Waals surface area contributed by atoms with Crippen LogP contribution in [0.5, 0.6) is 11.5 Å². The van der Waals surface area contributed by atoms with Crippen LogP contribution < -0.4 is 9.47 Å². The Hall–Kier alpha value is -0.600. The summed E-state index contributed by atoms with van der Waals surface area (Å²) in [5.41, 5.74) is 0.925. The first-order valence-corrected chi connectivity index (χ1v) is 6.69. The summed E-state index contributed by atoms with van der Waals surface area (Å²) in [4.78, 5) is 0. The molecular formula is C13H18Cl2O2. The number of ether oxygens (including phenoxy) is 2. The molecule has 0 heterocycles. The molecule has 0 aliphatic heterocycles. The quantitative estimate of drug-likeness (QED) is 0.533. The summed E-state index contributed by atoms with van der Waals surface area (Å²) in [6, 6.07) is 3.67. The molecular weight excluding hydrogens is 259 g/mol. The van der Waals surface area contributed by atoms with Crippen LogP contribution in [-0.2, 0) is 5.88 Å². The fourth-order valence-corrected chi connectivity index (χ4v) is 1.96. The van der Waals surface area contributed by atoms with Crippen molar-refractivity contribution < 1.29 is 9.47 Å². The van der Waals surface area contributed by atoms with Crippen LogP contribution >= 0.6 is 23.2 Å². The van der Waals surface area contributed by atoms with Crippen LogP contribution in [0.25, 0.3) is 0 Å². The molecule has 1 rings (SSSR count). The molecule has 0 aliphatic rings. The van der Waals surface area contributed by atoms with E-state index < -0.39 is 0 Å². The Labute approximate surface area is 113 Å². The third-order valence-electron chi connectivity index (χ3n) is 2.44. The highest BCUT2D eigenvalue weighted by Gasteiger charge is 2.11. The van der Waals surface area contributed by atoms with E-state index in [0.29, 0.717) is 29.0 Å². The van der Waals surface area contributed by atoms with Gasteiger partial charge in [-0.25, -0.2) is 0 Å². The molecule has 0 aromatic heterocycles. The van der Waals surface area contributed by atoms with Gasteiger partial charge in [0.2, 0.25) is 0 Å². The second-order valence-electron chi connectivity index (χ2n) is 3.80. The Morgan fingerprint density at radius 2 is 2.00 bits per heavy atom. The molecule has 17 heavy (non-hydrogen) atoms. The monoisotopic (exact) mass is 276 g/mol. The normalized spacial score (nSPS) is 10.4. The van der Waals surface area contributed by atoms with E-state index >= 15 is 0 Å². The zero-order valence-electron chi connectivity index (χ0n) is 10.3. The standard InChI is InChI=1S/C13H18Cl2O2/c1-3-4-5-6-17-13-11(15)7-10(9-14)8-12(13)16-2/h7-8H,3-6,9H2,1-2H3. The summed E-state index contributed by atoms with van der Waals surface area (Å²) in [7, 11) is 1.60. The second-order valence-corrected chi connectivity index (χ2v) is 4.47. The van der Waals surface area contributed by atoms with Gasteiger partial charge in [0.05, 0.1) is 18.7 Å². The first kappa shape index (κ1) is 14.5. The summed E-state index contributed by atoms with van der Waals surface area (Å²) < 4.78 is 10.9. The third kappa shape index (κ3) is 4.29. The van der Waals surface area contributed by atoms with E-state index in [4.69, 9.17) is 32.7 Å². The van der Waals surface area contributed by atoms with Crippen molar-refractivity contribution in [2.24, 2.45) is 0 Å². The highest BCUT2D eigenvalue weighted by atomic mass is 35.5. The average molecular weight is 277 g/mol. The molecule has 0 fully saturated rings. The largest absolute Gasteiger partial charge is 0.493 e. The molecule has 4 heteroatoms. The fourth-order valence-electron chi connectivity index (χ4n) is 1.52. The molecule has 0 unspecified atom stereocenters. The van der Waals surface area contributed by atoms with Gasteiger partial charge in [0.15, 0.2) is 11.5 Å². The average Bonchev–Trinajstić information content (AvgIpc) is 2.35. The summed E-state index contributed by atoms with van der Waals surface area (Å²) in [6.07, 6.45) is 3.34. The number of rotatable bonds is 7. The molecule has 0 aliphatic carbocycles. The molecule has 0 saturated heterocycles. The predicted molar refractivity (Wildman–Crippen MR) is 72.6 cm³/mol. The predicted octanol–water partition coefficient (Wildman–Crippen LogP) is 4.66. The van der Waals surface area contributed by atoms with Gasteiger partial charge >= 0.3 is 0 Å². The molecule has 0 saturated carbocycles. The first-order chi connectivity index (χ1) is 8.22. The molecule has 96 valence electrons. The van der Waals surface area contributed by atoms with Crippen LogP contribution in [0.4, 0.5) is 0 Å². The number of hydrogen-bond acceptors (Lipinski definition) is 2. The number of methoxy groups -OCH3 is 1. The van der Waals surface area contributed by atoms with E-state index in [-0.39, 0.29) is 0 Å². The van der Waals surface area contributed by atoms with E-state index in [0.717, 1.165) is 18.4 Å². The number of halogens is 2. The fraction of sp³-hybridized carbons (Fsp3) is 0.538. The van der Waals surface area contributed by atoms with Gasteiger partial charge in [-0.15, -0.1) is 11.6 Å². The van der Waals surface area contributed by atoms with Gasteiger partial charge in [-0.2, -0.15) is 0 Å². The summed E-state index contributed by atoms with van der Waals surface area (Å²) in [5, 5.41) is 0.552. The third-order valence-corrected chi connectivity index (χ3v) is 3.03.